The van der Waals surface area contributed by atoms with Crippen LogP contribution in [-0.2, 0) is 26.1 Å². The van der Waals surface area contributed by atoms with E-state index < -0.39 is 10.8 Å². The molecule has 0 bridgehead atoms. The van der Waals surface area contributed by atoms with Gasteiger partial charge < -0.3 is 9.80 Å². The summed E-state index contributed by atoms with van der Waals surface area (Å²) in [7, 11) is -1.27. The molecule has 0 saturated carbocycles. The van der Waals surface area contributed by atoms with Crippen molar-refractivity contribution in [2.75, 3.05) is 31.9 Å². The lowest BCUT2D eigenvalue weighted by molar-refractivity contribution is -0.136. The third-order valence-electron chi connectivity index (χ3n) is 5.41. The van der Waals surface area contributed by atoms with Gasteiger partial charge in [0.15, 0.2) is 0 Å². The molecule has 1 aliphatic rings. The van der Waals surface area contributed by atoms with Gasteiger partial charge in [-0.3, -0.25) is 13.8 Å². The lowest BCUT2D eigenvalue weighted by atomic mass is 10.0. The highest BCUT2D eigenvalue weighted by Gasteiger charge is 2.23. The molecule has 2 amide bonds. The van der Waals surface area contributed by atoms with Crippen LogP contribution in [0.2, 0.25) is 0 Å². The number of piperazine rings is 1. The maximum Gasteiger partial charge on any atom is 0.235 e. The van der Waals surface area contributed by atoms with E-state index in [1.54, 1.807) is 28.1 Å². The van der Waals surface area contributed by atoms with Crippen LogP contribution in [0.1, 0.15) is 12.5 Å². The summed E-state index contributed by atoms with van der Waals surface area (Å²) in [4.78, 5) is 27.4. The first-order chi connectivity index (χ1) is 14.5. The maximum absolute atomic E-state index is 12.6. The van der Waals surface area contributed by atoms with E-state index in [0.717, 1.165) is 11.1 Å². The van der Waals surface area contributed by atoms with Gasteiger partial charge in [0, 0.05) is 65.3 Å². The summed E-state index contributed by atoms with van der Waals surface area (Å²) in [6.45, 7) is 3.65. The number of benzene rings is 2. The normalized spacial score (nSPS) is 15.4. The van der Waals surface area contributed by atoms with Crippen LogP contribution >= 0.6 is 11.3 Å². The molecule has 0 N–H and O–H groups in total. The van der Waals surface area contributed by atoms with Gasteiger partial charge in [-0.2, -0.15) is 0 Å². The minimum absolute atomic E-state index is 0.0195. The van der Waals surface area contributed by atoms with Crippen LogP contribution in [0.25, 0.3) is 21.2 Å². The molecule has 4 rings (SSSR count). The first-order valence-corrected chi connectivity index (χ1v) is 12.3. The monoisotopic (exact) mass is 440 g/mol. The molecule has 1 fully saturated rings. The fourth-order valence-corrected chi connectivity index (χ4v) is 5.85. The topological polar surface area (TPSA) is 57.7 Å². The third-order valence-corrected chi connectivity index (χ3v) is 7.60. The summed E-state index contributed by atoms with van der Waals surface area (Å²) in [6, 6.07) is 16.4. The van der Waals surface area contributed by atoms with Crippen molar-refractivity contribution in [2.24, 2.45) is 0 Å². The van der Waals surface area contributed by atoms with E-state index in [1.165, 1.54) is 15.6 Å². The Balaban J connectivity index is 1.39. The van der Waals surface area contributed by atoms with E-state index in [1.807, 2.05) is 24.3 Å². The Morgan fingerprint density at radius 3 is 2.50 bits per heavy atom. The van der Waals surface area contributed by atoms with Crippen molar-refractivity contribution in [3.05, 3.63) is 59.5 Å². The van der Waals surface area contributed by atoms with Crippen molar-refractivity contribution in [3.63, 3.8) is 0 Å². The molecule has 156 valence electrons. The van der Waals surface area contributed by atoms with Gasteiger partial charge in [0.1, 0.15) is 5.75 Å². The van der Waals surface area contributed by atoms with Crippen LogP contribution in [0.4, 0.5) is 0 Å². The number of carbonyl (C=O) groups is 2. The smallest absolute Gasteiger partial charge is 0.235 e. The van der Waals surface area contributed by atoms with E-state index in [-0.39, 0.29) is 17.6 Å². The van der Waals surface area contributed by atoms with E-state index >= 15 is 0 Å². The zero-order valence-corrected chi connectivity index (χ0v) is 18.5. The van der Waals surface area contributed by atoms with E-state index in [9.17, 15) is 13.8 Å². The average molecular weight is 441 g/mol. The van der Waals surface area contributed by atoms with Crippen LogP contribution < -0.4 is 0 Å². The molecule has 2 heterocycles. The maximum atomic E-state index is 12.6. The van der Waals surface area contributed by atoms with Gasteiger partial charge in [-0.25, -0.2) is 0 Å². The van der Waals surface area contributed by atoms with E-state index in [4.69, 9.17) is 0 Å². The van der Waals surface area contributed by atoms with Gasteiger partial charge in [0.25, 0.3) is 0 Å². The summed E-state index contributed by atoms with van der Waals surface area (Å²) >= 11 is 1.72. The molecule has 0 radical (unpaired) electrons. The Bertz CT molecular complexity index is 1100. The van der Waals surface area contributed by atoms with Crippen LogP contribution in [0, 0.1) is 0 Å². The van der Waals surface area contributed by atoms with Crippen molar-refractivity contribution >= 4 is 44.0 Å². The number of carbonyl (C=O) groups excluding carboxylic acids is 2. The number of hydrogen-bond acceptors (Lipinski definition) is 4. The third kappa shape index (κ3) is 4.63. The number of rotatable bonds is 5. The second kappa shape index (κ2) is 9.10. The molecular weight excluding hydrogens is 416 g/mol. The van der Waals surface area contributed by atoms with E-state index in [2.05, 4.69) is 29.6 Å². The molecule has 1 saturated heterocycles. The Morgan fingerprint density at radius 2 is 1.73 bits per heavy atom. The number of amides is 2. The second-order valence-electron chi connectivity index (χ2n) is 7.46. The Labute approximate surface area is 182 Å². The SMILES string of the molecule is CC(=O)N1CCN(C(=O)CS(=O)Cc2cccc(-c3csc4ccccc34)c2)CC1. The van der Waals surface area contributed by atoms with Crippen molar-refractivity contribution < 1.29 is 13.8 Å². The number of fused-ring (bicyclic) bond motifs is 1. The molecule has 30 heavy (non-hydrogen) atoms. The summed E-state index contributed by atoms with van der Waals surface area (Å²) in [6.07, 6.45) is 0. The zero-order chi connectivity index (χ0) is 21.1. The van der Waals surface area contributed by atoms with Crippen molar-refractivity contribution in [3.8, 4) is 11.1 Å². The number of thiophene rings is 1. The molecule has 5 nitrogen and oxygen atoms in total. The molecule has 1 aliphatic heterocycles. The molecule has 0 aliphatic carbocycles. The Hall–Kier alpha value is -2.51. The summed E-state index contributed by atoms with van der Waals surface area (Å²) in [5.41, 5.74) is 3.26. The zero-order valence-electron chi connectivity index (χ0n) is 16.9. The fourth-order valence-electron chi connectivity index (χ4n) is 3.77. The van der Waals surface area contributed by atoms with Crippen molar-refractivity contribution in [1.82, 2.24) is 9.80 Å². The Kier molecular flexibility index (Phi) is 6.29. The highest BCUT2D eigenvalue weighted by atomic mass is 32.2. The van der Waals surface area contributed by atoms with Gasteiger partial charge in [-0.1, -0.05) is 42.5 Å². The molecule has 2 aromatic carbocycles. The molecule has 1 aromatic heterocycles. The molecular formula is C23H24N2O3S2. The number of hydrogen-bond donors (Lipinski definition) is 0. The van der Waals surface area contributed by atoms with Crippen LogP contribution in [0.15, 0.2) is 53.9 Å². The van der Waals surface area contributed by atoms with Gasteiger partial charge in [-0.15, -0.1) is 11.3 Å². The molecule has 7 heteroatoms. The van der Waals surface area contributed by atoms with Gasteiger partial charge in [0.2, 0.25) is 11.8 Å². The molecule has 3 aromatic rings. The van der Waals surface area contributed by atoms with Gasteiger partial charge >= 0.3 is 0 Å². The average Bonchev–Trinajstić information content (AvgIpc) is 3.18. The van der Waals surface area contributed by atoms with Crippen LogP contribution in [-0.4, -0.2) is 57.8 Å². The van der Waals surface area contributed by atoms with Crippen LogP contribution in [0.5, 0.6) is 0 Å². The molecule has 1 unspecified atom stereocenters. The Morgan fingerprint density at radius 1 is 1.00 bits per heavy atom. The lowest BCUT2D eigenvalue weighted by Crippen LogP contribution is -2.51. The largest absolute Gasteiger partial charge is 0.339 e. The highest BCUT2D eigenvalue weighted by Crippen LogP contribution is 2.34. The quantitative estimate of drug-likeness (QED) is 0.610. The van der Waals surface area contributed by atoms with Gasteiger partial charge in [0.05, 0.1) is 0 Å². The van der Waals surface area contributed by atoms with Crippen molar-refractivity contribution in [1.29, 1.82) is 0 Å². The van der Waals surface area contributed by atoms with Crippen LogP contribution in [0.3, 0.4) is 0 Å². The predicted molar refractivity (Wildman–Crippen MR) is 123 cm³/mol. The minimum Gasteiger partial charge on any atom is -0.339 e. The van der Waals surface area contributed by atoms with Gasteiger partial charge in [-0.05, 0) is 22.6 Å². The summed E-state index contributed by atoms with van der Waals surface area (Å²) in [5.74, 6) is 0.307. The predicted octanol–water partition coefficient (Wildman–Crippen LogP) is 3.51. The molecule has 0 spiro atoms. The summed E-state index contributed by atoms with van der Waals surface area (Å²) < 4.78 is 13.9. The lowest BCUT2D eigenvalue weighted by Gasteiger charge is -2.34. The standard InChI is InChI=1S/C23H24N2O3S2/c1-17(26)24-9-11-25(12-10-24)23(27)16-30(28)15-18-5-4-6-19(13-18)21-14-29-22-8-3-2-7-20(21)22/h2-8,13-14H,9-12,15-16H2,1H3. The second-order valence-corrected chi connectivity index (χ2v) is 9.83. The number of nitrogens with zero attached hydrogens (tertiary/aromatic N) is 2. The fraction of sp³-hybridized carbons (Fsp3) is 0.304. The molecule has 1 atom stereocenters. The minimum atomic E-state index is -1.27. The highest BCUT2D eigenvalue weighted by molar-refractivity contribution is 7.84. The van der Waals surface area contributed by atoms with Crippen molar-refractivity contribution in [2.45, 2.75) is 12.7 Å². The van der Waals surface area contributed by atoms with E-state index in [0.29, 0.717) is 31.9 Å². The first kappa shape index (κ1) is 20.8. The summed E-state index contributed by atoms with van der Waals surface area (Å²) in [5, 5.41) is 3.38. The first-order valence-electron chi connectivity index (χ1n) is 9.95.